The van der Waals surface area contributed by atoms with E-state index in [-0.39, 0.29) is 21.5 Å². The van der Waals surface area contributed by atoms with Crippen LogP contribution in [0.25, 0.3) is 0 Å². The Hall–Kier alpha value is -1.58. The van der Waals surface area contributed by atoms with Gasteiger partial charge in [-0.1, -0.05) is 23.4 Å². The van der Waals surface area contributed by atoms with Crippen molar-refractivity contribution < 1.29 is 13.9 Å². The van der Waals surface area contributed by atoms with E-state index in [1.54, 1.807) is 9.36 Å². The first-order valence-corrected chi connectivity index (χ1v) is 9.74. The molecule has 0 saturated heterocycles. The van der Waals surface area contributed by atoms with Crippen molar-refractivity contribution in [2.75, 3.05) is 5.94 Å². The largest absolute Gasteiger partial charge is 0.454 e. The molecule has 1 aliphatic heterocycles. The molecular formula is C15H15ClFN3O3S2. The highest BCUT2D eigenvalue weighted by Crippen LogP contribution is 2.33. The lowest BCUT2D eigenvalue weighted by Gasteiger charge is -2.15. The second kappa shape index (κ2) is 7.76. The van der Waals surface area contributed by atoms with Crippen LogP contribution < -0.4 is 9.67 Å². The van der Waals surface area contributed by atoms with Crippen molar-refractivity contribution >= 4 is 46.4 Å². The first-order chi connectivity index (χ1) is 12.0. The number of ether oxygens (including phenoxy) is 1. The lowest BCUT2D eigenvalue weighted by molar-refractivity contribution is -0.138. The number of rotatable bonds is 4. The summed E-state index contributed by atoms with van der Waals surface area (Å²) >= 11 is 8.20. The maximum absolute atomic E-state index is 14.2. The van der Waals surface area contributed by atoms with Gasteiger partial charge in [-0.3, -0.25) is 14.3 Å². The Morgan fingerprint density at radius 3 is 2.84 bits per heavy atom. The molecule has 6 nitrogen and oxygen atoms in total. The van der Waals surface area contributed by atoms with E-state index in [1.807, 2.05) is 0 Å². The van der Waals surface area contributed by atoms with E-state index in [0.717, 1.165) is 24.2 Å². The molecule has 0 aliphatic carbocycles. The van der Waals surface area contributed by atoms with Crippen molar-refractivity contribution in [3.63, 3.8) is 0 Å². The Morgan fingerprint density at radius 2 is 2.12 bits per heavy atom. The molecule has 0 atom stereocenters. The summed E-state index contributed by atoms with van der Waals surface area (Å²) in [5, 5.41) is 0.216. The minimum Gasteiger partial charge on any atom is -0.454 e. The lowest BCUT2D eigenvalue weighted by Crippen LogP contribution is -2.31. The van der Waals surface area contributed by atoms with E-state index in [2.05, 4.69) is 4.99 Å². The summed E-state index contributed by atoms with van der Waals surface area (Å²) in [5.41, 5.74) is 0.0949. The highest BCUT2D eigenvalue weighted by molar-refractivity contribution is 7.99. The molecule has 2 aromatic rings. The molecule has 10 heteroatoms. The van der Waals surface area contributed by atoms with Gasteiger partial charge in [-0.2, -0.15) is 0 Å². The van der Waals surface area contributed by atoms with E-state index < -0.39 is 11.8 Å². The highest BCUT2D eigenvalue weighted by Gasteiger charge is 2.14. The number of hydrogen-bond donors (Lipinski definition) is 0. The standard InChI is InChI=1S/C15H15ClFN3O3S2/c1-9(21)23-8-24-13-7-12(11(17)6-10(13)16)18-14-19-4-2-3-5-20(19)15(22)25-14/h6-7H,2-5,8H2,1H3. The van der Waals surface area contributed by atoms with Gasteiger partial charge in [0.25, 0.3) is 0 Å². The van der Waals surface area contributed by atoms with E-state index >= 15 is 0 Å². The molecule has 1 aromatic heterocycles. The van der Waals surface area contributed by atoms with Crippen LogP contribution in [0, 0.1) is 5.82 Å². The summed E-state index contributed by atoms with van der Waals surface area (Å²) in [4.78, 5) is 28.1. The first kappa shape index (κ1) is 18.2. The van der Waals surface area contributed by atoms with Gasteiger partial charge >= 0.3 is 10.8 Å². The number of nitrogens with zero attached hydrogens (tertiary/aromatic N) is 3. The number of hydrogen-bond acceptors (Lipinski definition) is 6. The van der Waals surface area contributed by atoms with Gasteiger partial charge in [0.05, 0.1) is 5.02 Å². The minimum atomic E-state index is -0.571. The third-order valence-electron chi connectivity index (χ3n) is 3.59. The highest BCUT2D eigenvalue weighted by atomic mass is 35.5. The fourth-order valence-corrected chi connectivity index (χ4v) is 4.36. The molecular weight excluding hydrogens is 389 g/mol. The van der Waals surface area contributed by atoms with E-state index in [1.165, 1.54) is 30.8 Å². The van der Waals surface area contributed by atoms with Crippen LogP contribution >= 0.6 is 34.7 Å². The predicted octanol–water partition coefficient (Wildman–Crippen LogP) is 3.14. The predicted molar refractivity (Wildman–Crippen MR) is 94.9 cm³/mol. The molecule has 0 spiro atoms. The molecule has 1 aromatic carbocycles. The Balaban J connectivity index is 1.97. The molecule has 0 unspecified atom stereocenters. The van der Waals surface area contributed by atoms with E-state index in [4.69, 9.17) is 16.3 Å². The topological polar surface area (TPSA) is 65.6 Å². The number of carbonyl (C=O) groups excluding carboxylic acids is 1. The average molecular weight is 404 g/mol. The summed E-state index contributed by atoms with van der Waals surface area (Å²) in [6, 6.07) is 2.67. The number of thioether (sulfide) groups is 1. The molecule has 0 radical (unpaired) electrons. The lowest BCUT2D eigenvalue weighted by atomic mass is 10.3. The second-order valence-electron chi connectivity index (χ2n) is 5.35. The van der Waals surface area contributed by atoms with Crippen molar-refractivity contribution in [3.8, 4) is 0 Å². The molecule has 0 fully saturated rings. The van der Waals surface area contributed by atoms with Gasteiger partial charge in [-0.25, -0.2) is 14.1 Å². The van der Waals surface area contributed by atoms with Crippen molar-refractivity contribution in [3.05, 3.63) is 37.4 Å². The van der Waals surface area contributed by atoms with Gasteiger partial charge in [0.1, 0.15) is 17.4 Å². The Kier molecular flexibility index (Phi) is 5.65. The average Bonchev–Trinajstić information content (AvgIpc) is 2.88. The fourth-order valence-electron chi connectivity index (χ4n) is 2.41. The van der Waals surface area contributed by atoms with Crippen molar-refractivity contribution in [2.45, 2.75) is 37.8 Å². The quantitative estimate of drug-likeness (QED) is 0.447. The van der Waals surface area contributed by atoms with Crippen LogP contribution in [0.4, 0.5) is 10.1 Å². The monoisotopic (exact) mass is 403 g/mol. The molecule has 2 heterocycles. The number of halogens is 2. The molecule has 0 N–H and O–H groups in total. The van der Waals surface area contributed by atoms with Crippen molar-refractivity contribution in [2.24, 2.45) is 4.99 Å². The summed E-state index contributed by atoms with van der Waals surface area (Å²) in [6.07, 6.45) is 1.90. The van der Waals surface area contributed by atoms with Crippen LogP contribution in [-0.2, 0) is 22.6 Å². The van der Waals surface area contributed by atoms with Gasteiger partial charge in [0.2, 0.25) is 4.80 Å². The molecule has 134 valence electrons. The van der Waals surface area contributed by atoms with Crippen LogP contribution in [0.5, 0.6) is 0 Å². The van der Waals surface area contributed by atoms with E-state index in [9.17, 15) is 14.0 Å². The molecule has 0 amide bonds. The maximum Gasteiger partial charge on any atom is 0.325 e. The number of aromatic nitrogens is 2. The van der Waals surface area contributed by atoms with Gasteiger partial charge in [0.15, 0.2) is 0 Å². The van der Waals surface area contributed by atoms with Crippen LogP contribution in [0.1, 0.15) is 19.8 Å². The van der Waals surface area contributed by atoms with Crippen LogP contribution in [0.3, 0.4) is 0 Å². The minimum absolute atomic E-state index is 0.0732. The fraction of sp³-hybridized carbons (Fsp3) is 0.400. The number of benzene rings is 1. The summed E-state index contributed by atoms with van der Waals surface area (Å²) in [5.74, 6) is -0.904. The van der Waals surface area contributed by atoms with Gasteiger partial charge in [-0.15, -0.1) is 0 Å². The summed E-state index contributed by atoms with van der Waals surface area (Å²) < 4.78 is 22.5. The SMILES string of the molecule is CC(=O)OCSc1cc(N=c2sc(=O)n3n2CCCC3)c(F)cc1Cl. The first-order valence-electron chi connectivity index (χ1n) is 7.56. The smallest absolute Gasteiger partial charge is 0.325 e. The van der Waals surface area contributed by atoms with Gasteiger partial charge in [-0.05, 0) is 36.3 Å². The zero-order valence-corrected chi connectivity index (χ0v) is 15.7. The molecule has 0 bridgehead atoms. The van der Waals surface area contributed by atoms with Crippen molar-refractivity contribution in [1.82, 2.24) is 9.36 Å². The van der Waals surface area contributed by atoms with Gasteiger partial charge in [0, 0.05) is 24.9 Å². The number of esters is 1. The second-order valence-corrected chi connectivity index (χ2v) is 7.64. The van der Waals surface area contributed by atoms with E-state index in [0.29, 0.717) is 22.8 Å². The maximum atomic E-state index is 14.2. The Bertz CT molecular complexity index is 935. The third kappa shape index (κ3) is 4.16. The summed E-state index contributed by atoms with van der Waals surface area (Å²) in [6.45, 7) is 2.64. The molecule has 25 heavy (non-hydrogen) atoms. The van der Waals surface area contributed by atoms with Crippen molar-refractivity contribution in [1.29, 1.82) is 0 Å². The number of carbonyl (C=O) groups is 1. The Labute approximate surface area is 155 Å². The van der Waals surface area contributed by atoms with Crippen LogP contribution in [0.15, 0.2) is 26.8 Å². The number of fused-ring (bicyclic) bond motifs is 1. The zero-order valence-electron chi connectivity index (χ0n) is 13.3. The summed E-state index contributed by atoms with van der Waals surface area (Å²) in [7, 11) is 0. The molecule has 0 saturated carbocycles. The zero-order chi connectivity index (χ0) is 18.0. The molecule has 1 aliphatic rings. The Morgan fingerprint density at radius 1 is 1.40 bits per heavy atom. The third-order valence-corrected chi connectivity index (χ3v) is 5.76. The van der Waals surface area contributed by atoms with Crippen LogP contribution in [0.2, 0.25) is 5.02 Å². The van der Waals surface area contributed by atoms with Gasteiger partial charge < -0.3 is 4.74 Å². The van der Waals surface area contributed by atoms with Crippen LogP contribution in [-0.4, -0.2) is 21.3 Å². The molecule has 3 rings (SSSR count). The normalized spacial score (nSPS) is 14.4.